The number of hydrogen-bond acceptors (Lipinski definition) is 3. The fraction of sp³-hybridized carbons (Fsp3) is 0.400. The first-order chi connectivity index (χ1) is 7.45. The van der Waals surface area contributed by atoms with E-state index in [2.05, 4.69) is 0 Å². The van der Waals surface area contributed by atoms with Crippen molar-refractivity contribution in [2.24, 2.45) is 0 Å². The van der Waals surface area contributed by atoms with Crippen molar-refractivity contribution in [3.05, 3.63) is 23.8 Å². The van der Waals surface area contributed by atoms with Gasteiger partial charge in [-0.05, 0) is 30.7 Å². The Morgan fingerprint density at radius 3 is 2.62 bits per heavy atom. The van der Waals surface area contributed by atoms with E-state index in [0.717, 1.165) is 0 Å². The first-order valence-corrected chi connectivity index (χ1v) is 7.00. The Labute approximate surface area is 98.6 Å². The minimum atomic E-state index is -3.71. The highest BCUT2D eigenvalue weighted by Crippen LogP contribution is 2.23. The van der Waals surface area contributed by atoms with Crippen LogP contribution in [0.25, 0.3) is 0 Å². The minimum absolute atomic E-state index is 0.0320. The van der Waals surface area contributed by atoms with Crippen molar-refractivity contribution in [3.8, 4) is 5.75 Å². The van der Waals surface area contributed by atoms with Crippen LogP contribution in [-0.2, 0) is 9.05 Å². The van der Waals surface area contributed by atoms with Crippen molar-refractivity contribution in [1.82, 2.24) is 0 Å². The van der Waals surface area contributed by atoms with Gasteiger partial charge >= 0.3 is 0 Å². The van der Waals surface area contributed by atoms with Gasteiger partial charge in [0.05, 0.1) is 18.2 Å². The SMILES string of the molecule is Cc1cc(S(=O)(=O)Cl)ccc1OCCCF. The summed E-state index contributed by atoms with van der Waals surface area (Å²) in [6.45, 7) is 1.54. The molecule has 90 valence electrons. The van der Waals surface area contributed by atoms with Crippen molar-refractivity contribution in [2.45, 2.75) is 18.2 Å². The highest BCUT2D eigenvalue weighted by atomic mass is 35.7. The van der Waals surface area contributed by atoms with E-state index in [1.807, 2.05) is 0 Å². The van der Waals surface area contributed by atoms with Crippen LogP contribution >= 0.6 is 10.7 Å². The lowest BCUT2D eigenvalue weighted by Gasteiger charge is -2.08. The first kappa shape index (κ1) is 13.3. The molecule has 0 aliphatic heterocycles. The van der Waals surface area contributed by atoms with Crippen LogP contribution in [0.1, 0.15) is 12.0 Å². The zero-order valence-electron chi connectivity index (χ0n) is 8.74. The van der Waals surface area contributed by atoms with Crippen LogP contribution < -0.4 is 4.74 Å². The van der Waals surface area contributed by atoms with Gasteiger partial charge in [-0.3, -0.25) is 4.39 Å². The summed E-state index contributed by atoms with van der Waals surface area (Å²) >= 11 is 0. The molecule has 0 bridgehead atoms. The van der Waals surface area contributed by atoms with Gasteiger partial charge in [-0.1, -0.05) is 0 Å². The zero-order chi connectivity index (χ0) is 12.2. The molecular formula is C10H12ClFO3S. The fourth-order valence-electron chi connectivity index (χ4n) is 1.17. The lowest BCUT2D eigenvalue weighted by Crippen LogP contribution is -2.00. The molecule has 0 aliphatic carbocycles. The summed E-state index contributed by atoms with van der Waals surface area (Å²) in [5.74, 6) is 0.539. The second kappa shape index (κ2) is 5.50. The van der Waals surface area contributed by atoms with Crippen molar-refractivity contribution in [1.29, 1.82) is 0 Å². The van der Waals surface area contributed by atoms with E-state index in [9.17, 15) is 12.8 Å². The third-order valence-electron chi connectivity index (χ3n) is 1.96. The van der Waals surface area contributed by atoms with Crippen LogP contribution in [0.5, 0.6) is 5.75 Å². The lowest BCUT2D eigenvalue weighted by molar-refractivity contribution is 0.288. The minimum Gasteiger partial charge on any atom is -0.493 e. The van der Waals surface area contributed by atoms with E-state index in [-0.39, 0.29) is 11.5 Å². The Bertz CT molecular complexity index is 459. The first-order valence-electron chi connectivity index (χ1n) is 4.69. The molecule has 0 amide bonds. The van der Waals surface area contributed by atoms with E-state index in [1.54, 1.807) is 6.92 Å². The molecule has 0 N–H and O–H groups in total. The van der Waals surface area contributed by atoms with Gasteiger partial charge in [0.15, 0.2) is 0 Å². The molecule has 16 heavy (non-hydrogen) atoms. The Morgan fingerprint density at radius 2 is 2.12 bits per heavy atom. The molecular weight excluding hydrogens is 255 g/mol. The average molecular weight is 267 g/mol. The Balaban J connectivity index is 2.84. The van der Waals surface area contributed by atoms with E-state index >= 15 is 0 Å². The largest absolute Gasteiger partial charge is 0.493 e. The van der Waals surface area contributed by atoms with E-state index in [0.29, 0.717) is 17.7 Å². The summed E-state index contributed by atoms with van der Waals surface area (Å²) in [5, 5.41) is 0. The molecule has 6 heteroatoms. The summed E-state index contributed by atoms with van der Waals surface area (Å²) in [5.41, 5.74) is 0.653. The molecule has 0 atom stereocenters. The van der Waals surface area contributed by atoms with Gasteiger partial charge in [0.2, 0.25) is 0 Å². The van der Waals surface area contributed by atoms with Gasteiger partial charge in [0, 0.05) is 17.1 Å². The van der Waals surface area contributed by atoms with Crippen molar-refractivity contribution in [3.63, 3.8) is 0 Å². The van der Waals surface area contributed by atoms with Gasteiger partial charge < -0.3 is 4.74 Å². The summed E-state index contributed by atoms with van der Waals surface area (Å²) in [4.78, 5) is 0.0320. The molecule has 1 rings (SSSR count). The van der Waals surface area contributed by atoms with Crippen molar-refractivity contribution < 1.29 is 17.5 Å². The maximum Gasteiger partial charge on any atom is 0.261 e. The van der Waals surface area contributed by atoms with E-state index < -0.39 is 15.7 Å². The monoisotopic (exact) mass is 266 g/mol. The maximum atomic E-state index is 11.8. The fourth-order valence-corrected chi connectivity index (χ4v) is 2.01. The number of ether oxygens (including phenoxy) is 1. The standard InChI is InChI=1S/C10H12ClFO3S/c1-8-7-9(16(11,13)14)3-4-10(8)15-6-2-5-12/h3-4,7H,2,5-6H2,1H3. The molecule has 0 saturated heterocycles. The van der Waals surface area contributed by atoms with E-state index in [4.69, 9.17) is 15.4 Å². The second-order valence-electron chi connectivity index (χ2n) is 3.26. The van der Waals surface area contributed by atoms with Crippen LogP contribution in [0.2, 0.25) is 0 Å². The van der Waals surface area contributed by atoms with Gasteiger partial charge in [0.1, 0.15) is 5.75 Å². The number of benzene rings is 1. The summed E-state index contributed by atoms with van der Waals surface area (Å²) in [6.07, 6.45) is 0.314. The third kappa shape index (κ3) is 3.64. The smallest absolute Gasteiger partial charge is 0.261 e. The van der Waals surface area contributed by atoms with Gasteiger partial charge in [-0.15, -0.1) is 0 Å². The van der Waals surface area contributed by atoms with Crippen LogP contribution in [0.4, 0.5) is 4.39 Å². The van der Waals surface area contributed by atoms with Gasteiger partial charge in [-0.2, -0.15) is 0 Å². The molecule has 0 radical (unpaired) electrons. The van der Waals surface area contributed by atoms with Crippen LogP contribution in [0, 0.1) is 6.92 Å². The number of halogens is 2. The van der Waals surface area contributed by atoms with Crippen molar-refractivity contribution in [2.75, 3.05) is 13.3 Å². The summed E-state index contributed by atoms with van der Waals surface area (Å²) in [7, 11) is 1.48. The van der Waals surface area contributed by atoms with Gasteiger partial charge in [-0.25, -0.2) is 8.42 Å². The molecule has 0 fully saturated rings. The van der Waals surface area contributed by atoms with Gasteiger partial charge in [0.25, 0.3) is 9.05 Å². The van der Waals surface area contributed by atoms with Crippen molar-refractivity contribution >= 4 is 19.7 Å². The second-order valence-corrected chi connectivity index (χ2v) is 5.82. The molecule has 0 spiro atoms. The highest BCUT2D eigenvalue weighted by molar-refractivity contribution is 8.13. The Hall–Kier alpha value is -0.810. The molecule has 0 heterocycles. The number of rotatable bonds is 5. The maximum absolute atomic E-state index is 11.8. The highest BCUT2D eigenvalue weighted by Gasteiger charge is 2.11. The Morgan fingerprint density at radius 1 is 1.44 bits per heavy atom. The normalized spacial score (nSPS) is 11.4. The molecule has 1 aromatic carbocycles. The molecule has 0 unspecified atom stereocenters. The zero-order valence-corrected chi connectivity index (χ0v) is 10.3. The predicted molar refractivity (Wildman–Crippen MR) is 60.3 cm³/mol. The molecule has 1 aromatic rings. The lowest BCUT2D eigenvalue weighted by atomic mass is 10.2. The predicted octanol–water partition coefficient (Wildman–Crippen LogP) is 2.66. The quantitative estimate of drug-likeness (QED) is 0.608. The summed E-state index contributed by atoms with van der Waals surface area (Å²) in [6, 6.07) is 4.30. The molecule has 3 nitrogen and oxygen atoms in total. The van der Waals surface area contributed by atoms with Crippen LogP contribution in [-0.4, -0.2) is 21.7 Å². The number of hydrogen-bond donors (Lipinski definition) is 0. The summed E-state index contributed by atoms with van der Waals surface area (Å²) < 4.78 is 39.2. The van der Waals surface area contributed by atoms with Crippen LogP contribution in [0.3, 0.4) is 0 Å². The topological polar surface area (TPSA) is 43.4 Å². The third-order valence-corrected chi connectivity index (χ3v) is 3.31. The van der Waals surface area contributed by atoms with E-state index in [1.165, 1.54) is 18.2 Å². The molecule has 0 aromatic heterocycles. The number of alkyl halides is 1. The van der Waals surface area contributed by atoms with Crippen LogP contribution in [0.15, 0.2) is 23.1 Å². The molecule has 0 saturated carbocycles. The average Bonchev–Trinajstić information content (AvgIpc) is 2.19. The molecule has 0 aliphatic rings. The Kier molecular flexibility index (Phi) is 4.56. The number of aryl methyl sites for hydroxylation is 1.